The van der Waals surface area contributed by atoms with Crippen LogP contribution in [-0.4, -0.2) is 56.5 Å². The fourth-order valence-electron chi connectivity index (χ4n) is 2.98. The van der Waals surface area contributed by atoms with Gasteiger partial charge in [-0.2, -0.15) is 13.2 Å². The van der Waals surface area contributed by atoms with Crippen LogP contribution in [0, 0.1) is 5.92 Å². The number of alkyl halides is 3. The second-order valence-corrected chi connectivity index (χ2v) is 6.85. The first-order valence-electron chi connectivity index (χ1n) is 8.46. The van der Waals surface area contributed by atoms with Crippen LogP contribution < -0.4 is 5.32 Å². The van der Waals surface area contributed by atoms with Crippen LogP contribution in [0.2, 0.25) is 0 Å². The van der Waals surface area contributed by atoms with Gasteiger partial charge in [0.25, 0.3) is 0 Å². The van der Waals surface area contributed by atoms with Gasteiger partial charge in [0.15, 0.2) is 5.96 Å². The molecule has 1 aromatic rings. The Hall–Kier alpha value is -1.03. The molecule has 0 heterocycles. The fraction of sp³-hybridized carbons (Fsp3) is 0.611. The van der Waals surface area contributed by atoms with Gasteiger partial charge in [-0.25, -0.2) is 0 Å². The second-order valence-electron chi connectivity index (χ2n) is 6.85. The van der Waals surface area contributed by atoms with E-state index in [0.29, 0.717) is 12.6 Å². The smallest absolute Gasteiger partial charge is 0.355 e. The van der Waals surface area contributed by atoms with Crippen molar-refractivity contribution < 1.29 is 13.2 Å². The zero-order valence-electron chi connectivity index (χ0n) is 15.7. The highest BCUT2D eigenvalue weighted by Gasteiger charge is 2.32. The van der Waals surface area contributed by atoms with Crippen LogP contribution in [0.5, 0.6) is 0 Å². The Labute approximate surface area is 170 Å². The summed E-state index contributed by atoms with van der Waals surface area (Å²) in [5.74, 6) is 1.48. The van der Waals surface area contributed by atoms with E-state index in [0.717, 1.165) is 36.1 Å². The molecule has 8 heteroatoms. The first kappa shape index (κ1) is 23.0. The van der Waals surface area contributed by atoms with E-state index in [2.05, 4.69) is 29.3 Å². The van der Waals surface area contributed by atoms with E-state index >= 15 is 0 Å². The molecule has 0 amide bonds. The molecule has 26 heavy (non-hydrogen) atoms. The van der Waals surface area contributed by atoms with Crippen molar-refractivity contribution in [3.63, 3.8) is 0 Å². The topological polar surface area (TPSA) is 30.9 Å². The zero-order chi connectivity index (χ0) is 18.6. The van der Waals surface area contributed by atoms with Gasteiger partial charge in [-0.3, -0.25) is 4.99 Å². The molecule has 1 aromatic carbocycles. The van der Waals surface area contributed by atoms with Crippen LogP contribution in [0.4, 0.5) is 13.2 Å². The van der Waals surface area contributed by atoms with Gasteiger partial charge in [-0.05, 0) is 50.6 Å². The van der Waals surface area contributed by atoms with Gasteiger partial charge in [0.2, 0.25) is 0 Å². The number of benzene rings is 1. The van der Waals surface area contributed by atoms with Crippen LogP contribution in [0.25, 0.3) is 0 Å². The van der Waals surface area contributed by atoms with Gasteiger partial charge < -0.3 is 15.1 Å². The summed E-state index contributed by atoms with van der Waals surface area (Å²) in [4.78, 5) is 8.43. The van der Waals surface area contributed by atoms with E-state index in [1.807, 2.05) is 11.9 Å². The summed E-state index contributed by atoms with van der Waals surface area (Å²) in [5.41, 5.74) is 0.185. The van der Waals surface area contributed by atoms with Crippen LogP contribution in [0.3, 0.4) is 0 Å². The molecule has 0 saturated heterocycles. The molecule has 1 aliphatic carbocycles. The fourth-order valence-corrected chi connectivity index (χ4v) is 2.98. The molecular formula is C18H28F3IN4. The van der Waals surface area contributed by atoms with Crippen LogP contribution >= 0.6 is 24.0 Å². The minimum atomic E-state index is -4.30. The number of guanidine groups is 1. The molecule has 0 aliphatic heterocycles. The van der Waals surface area contributed by atoms with E-state index in [-0.39, 0.29) is 24.0 Å². The minimum Gasteiger partial charge on any atom is -0.355 e. The molecule has 1 fully saturated rings. The Balaban J connectivity index is 0.00000338. The lowest BCUT2D eigenvalue weighted by atomic mass is 10.1. The summed E-state index contributed by atoms with van der Waals surface area (Å²) in [7, 11) is 7.76. The Bertz CT molecular complexity index is 581. The van der Waals surface area contributed by atoms with Crippen molar-refractivity contribution in [2.75, 3.05) is 34.7 Å². The summed E-state index contributed by atoms with van der Waals surface area (Å²) < 4.78 is 37.9. The lowest BCUT2D eigenvalue weighted by Crippen LogP contribution is -2.46. The Morgan fingerprint density at radius 3 is 2.19 bits per heavy atom. The molecule has 0 bridgehead atoms. The second kappa shape index (κ2) is 9.77. The molecule has 1 aliphatic rings. The Morgan fingerprint density at radius 1 is 1.19 bits per heavy atom. The maximum absolute atomic E-state index is 12.6. The number of hydrogen-bond acceptors (Lipinski definition) is 2. The van der Waals surface area contributed by atoms with Gasteiger partial charge in [-0.15, -0.1) is 24.0 Å². The summed E-state index contributed by atoms with van der Waals surface area (Å²) in [5, 5.41) is 3.38. The summed E-state index contributed by atoms with van der Waals surface area (Å²) in [6.07, 6.45) is -1.76. The maximum atomic E-state index is 12.6. The monoisotopic (exact) mass is 484 g/mol. The molecule has 1 saturated carbocycles. The van der Waals surface area contributed by atoms with Gasteiger partial charge >= 0.3 is 6.18 Å². The summed E-state index contributed by atoms with van der Waals surface area (Å²) in [6, 6.07) is 5.73. The average Bonchev–Trinajstić information content (AvgIpc) is 3.35. The molecule has 1 unspecified atom stereocenters. The van der Waals surface area contributed by atoms with E-state index in [4.69, 9.17) is 0 Å². The third kappa shape index (κ3) is 6.61. The Kier molecular flexibility index (Phi) is 8.65. The van der Waals surface area contributed by atoms with Gasteiger partial charge in [0, 0.05) is 33.2 Å². The standard InChI is InChI=1S/C18H27F3N4.HI/c1-22-17(23-11-16(24(2)3)14-7-8-14)25(4)12-13-5-9-15(10-6-13)18(19,20)21;/h5-6,9-10,14,16H,7-8,11-12H2,1-4H3,(H,22,23);1H. The number of nitrogens with zero attached hydrogens (tertiary/aromatic N) is 3. The minimum absolute atomic E-state index is 0. The molecule has 0 spiro atoms. The number of aliphatic imine (C=N–C) groups is 1. The highest BCUT2D eigenvalue weighted by molar-refractivity contribution is 14.0. The van der Waals surface area contributed by atoms with Gasteiger partial charge in [-0.1, -0.05) is 12.1 Å². The number of halogens is 4. The van der Waals surface area contributed by atoms with Crippen molar-refractivity contribution in [3.8, 4) is 0 Å². The van der Waals surface area contributed by atoms with Crippen LogP contribution in [0.15, 0.2) is 29.3 Å². The molecule has 1 N–H and O–H groups in total. The lowest BCUT2D eigenvalue weighted by molar-refractivity contribution is -0.137. The van der Waals surface area contributed by atoms with Crippen molar-refractivity contribution >= 4 is 29.9 Å². The molecule has 0 aromatic heterocycles. The van der Waals surface area contributed by atoms with Crippen molar-refractivity contribution in [2.24, 2.45) is 10.9 Å². The van der Waals surface area contributed by atoms with Crippen molar-refractivity contribution in [2.45, 2.75) is 31.6 Å². The van der Waals surface area contributed by atoms with Crippen LogP contribution in [-0.2, 0) is 12.7 Å². The van der Waals surface area contributed by atoms with E-state index < -0.39 is 11.7 Å². The summed E-state index contributed by atoms with van der Waals surface area (Å²) >= 11 is 0. The van der Waals surface area contributed by atoms with Crippen LogP contribution in [0.1, 0.15) is 24.0 Å². The third-order valence-electron chi connectivity index (χ3n) is 4.57. The number of nitrogens with one attached hydrogen (secondary N) is 1. The molecule has 1 atom stereocenters. The van der Waals surface area contributed by atoms with Gasteiger partial charge in [0.1, 0.15) is 0 Å². The number of hydrogen-bond donors (Lipinski definition) is 1. The molecule has 148 valence electrons. The SMILES string of the molecule is CN=C(NCC(C1CC1)N(C)C)N(C)Cc1ccc(C(F)(F)F)cc1.I. The molecule has 0 radical (unpaired) electrons. The largest absolute Gasteiger partial charge is 0.416 e. The third-order valence-corrected chi connectivity index (χ3v) is 4.57. The first-order chi connectivity index (χ1) is 11.7. The average molecular weight is 484 g/mol. The number of likely N-dealkylation sites (N-methyl/N-ethyl adjacent to an activating group) is 1. The molecule has 2 rings (SSSR count). The first-order valence-corrected chi connectivity index (χ1v) is 8.46. The quantitative estimate of drug-likeness (QED) is 0.380. The van der Waals surface area contributed by atoms with E-state index in [1.54, 1.807) is 7.05 Å². The van der Waals surface area contributed by atoms with Crippen molar-refractivity contribution in [1.29, 1.82) is 0 Å². The predicted octanol–water partition coefficient (Wildman–Crippen LogP) is 3.67. The normalized spacial score (nSPS) is 16.2. The molecular weight excluding hydrogens is 456 g/mol. The summed E-state index contributed by atoms with van der Waals surface area (Å²) in [6.45, 7) is 1.30. The lowest BCUT2D eigenvalue weighted by Gasteiger charge is -2.28. The Morgan fingerprint density at radius 2 is 1.77 bits per heavy atom. The van der Waals surface area contributed by atoms with Gasteiger partial charge in [0.05, 0.1) is 5.56 Å². The van der Waals surface area contributed by atoms with Crippen molar-refractivity contribution in [3.05, 3.63) is 35.4 Å². The maximum Gasteiger partial charge on any atom is 0.416 e. The predicted molar refractivity (Wildman–Crippen MR) is 110 cm³/mol. The zero-order valence-corrected chi connectivity index (χ0v) is 18.0. The highest BCUT2D eigenvalue weighted by Crippen LogP contribution is 2.34. The number of rotatable bonds is 6. The van der Waals surface area contributed by atoms with E-state index in [1.165, 1.54) is 25.0 Å². The highest BCUT2D eigenvalue weighted by atomic mass is 127. The van der Waals surface area contributed by atoms with E-state index in [9.17, 15) is 13.2 Å². The van der Waals surface area contributed by atoms with Crippen molar-refractivity contribution in [1.82, 2.24) is 15.1 Å². The molecule has 4 nitrogen and oxygen atoms in total.